The molecule has 4 heteroatoms. The summed E-state index contributed by atoms with van der Waals surface area (Å²) in [5.74, 6) is 1.47. The number of anilines is 1. The molecule has 1 heterocycles. The molecule has 0 fully saturated rings. The first-order valence-electron chi connectivity index (χ1n) is 6.56. The van der Waals surface area contributed by atoms with Gasteiger partial charge in [0.1, 0.15) is 17.7 Å². The van der Waals surface area contributed by atoms with Gasteiger partial charge in [0.25, 0.3) is 0 Å². The molecule has 1 aliphatic rings. The number of hydrogen-bond acceptors (Lipinski definition) is 3. The van der Waals surface area contributed by atoms with Crippen molar-refractivity contribution in [2.24, 2.45) is 0 Å². The maximum Gasteiger partial charge on any atom is 0.124 e. The fourth-order valence-corrected chi connectivity index (χ4v) is 3.34. The van der Waals surface area contributed by atoms with Crippen LogP contribution in [0.15, 0.2) is 41.3 Å². The van der Waals surface area contributed by atoms with Gasteiger partial charge in [-0.1, -0.05) is 17.7 Å². The Morgan fingerprint density at radius 1 is 1.30 bits per heavy atom. The van der Waals surface area contributed by atoms with E-state index in [-0.39, 0.29) is 11.9 Å². The van der Waals surface area contributed by atoms with E-state index in [9.17, 15) is 4.39 Å². The molecule has 2 N–H and O–H groups in total. The van der Waals surface area contributed by atoms with Crippen molar-refractivity contribution in [1.82, 2.24) is 0 Å². The highest BCUT2D eigenvalue weighted by Gasteiger charge is 2.23. The van der Waals surface area contributed by atoms with E-state index in [1.807, 2.05) is 6.07 Å². The molecule has 0 saturated carbocycles. The molecular weight excluding hydrogens is 273 g/mol. The molecule has 0 bridgehead atoms. The number of benzene rings is 2. The van der Waals surface area contributed by atoms with Crippen molar-refractivity contribution in [2.45, 2.75) is 24.3 Å². The zero-order chi connectivity index (χ0) is 14.1. The van der Waals surface area contributed by atoms with Crippen LogP contribution in [0.3, 0.4) is 0 Å². The number of halogens is 1. The summed E-state index contributed by atoms with van der Waals surface area (Å²) in [6.07, 6.45) is 1.03. The molecule has 2 aromatic rings. The lowest BCUT2D eigenvalue weighted by molar-refractivity contribution is 0.259. The molecule has 20 heavy (non-hydrogen) atoms. The van der Waals surface area contributed by atoms with Crippen LogP contribution in [0.2, 0.25) is 0 Å². The molecule has 0 amide bonds. The normalized spacial score (nSPS) is 16.8. The Balaban J connectivity index is 1.65. The highest BCUT2D eigenvalue weighted by molar-refractivity contribution is 7.99. The van der Waals surface area contributed by atoms with Gasteiger partial charge in [-0.3, -0.25) is 0 Å². The summed E-state index contributed by atoms with van der Waals surface area (Å²) in [4.78, 5) is 0.778. The summed E-state index contributed by atoms with van der Waals surface area (Å²) < 4.78 is 19.1. The van der Waals surface area contributed by atoms with E-state index < -0.39 is 0 Å². The Bertz CT molecular complexity index is 644. The number of nitrogens with two attached hydrogens (primary N) is 1. The second-order valence-corrected chi connectivity index (χ2v) is 6.11. The molecule has 1 unspecified atom stereocenters. The second-order valence-electron chi connectivity index (χ2n) is 5.05. The molecular formula is C16H16FNOS. The number of aryl methyl sites for hydroxylation is 1. The number of hydrogen-bond donors (Lipinski definition) is 1. The van der Waals surface area contributed by atoms with E-state index in [0.717, 1.165) is 22.8 Å². The van der Waals surface area contributed by atoms with Gasteiger partial charge in [-0.05, 0) is 36.8 Å². The van der Waals surface area contributed by atoms with Gasteiger partial charge in [0.15, 0.2) is 0 Å². The van der Waals surface area contributed by atoms with E-state index in [0.29, 0.717) is 5.69 Å². The molecule has 0 spiro atoms. The van der Waals surface area contributed by atoms with Crippen molar-refractivity contribution in [3.8, 4) is 5.75 Å². The molecule has 3 rings (SSSR count). The van der Waals surface area contributed by atoms with Crippen LogP contribution < -0.4 is 10.5 Å². The van der Waals surface area contributed by atoms with Gasteiger partial charge in [-0.25, -0.2) is 4.39 Å². The summed E-state index contributed by atoms with van der Waals surface area (Å²) >= 11 is 1.54. The zero-order valence-electron chi connectivity index (χ0n) is 11.2. The third-order valence-corrected chi connectivity index (χ3v) is 4.56. The minimum atomic E-state index is -0.257. The Kier molecular flexibility index (Phi) is 3.57. The maximum absolute atomic E-state index is 13.2. The minimum Gasteiger partial charge on any atom is -0.489 e. The van der Waals surface area contributed by atoms with Gasteiger partial charge < -0.3 is 10.5 Å². The van der Waals surface area contributed by atoms with Crippen molar-refractivity contribution in [3.05, 3.63) is 53.3 Å². The van der Waals surface area contributed by atoms with Gasteiger partial charge in [-0.15, -0.1) is 11.8 Å². The van der Waals surface area contributed by atoms with Gasteiger partial charge >= 0.3 is 0 Å². The Morgan fingerprint density at radius 2 is 2.15 bits per heavy atom. The average Bonchev–Trinajstić information content (AvgIpc) is 2.81. The molecule has 0 radical (unpaired) electrons. The van der Waals surface area contributed by atoms with Crippen LogP contribution in [0.5, 0.6) is 5.75 Å². The third kappa shape index (κ3) is 2.75. The lowest BCUT2D eigenvalue weighted by Crippen LogP contribution is -2.15. The van der Waals surface area contributed by atoms with Gasteiger partial charge in [0, 0.05) is 22.8 Å². The summed E-state index contributed by atoms with van der Waals surface area (Å²) in [7, 11) is 0. The van der Waals surface area contributed by atoms with E-state index in [4.69, 9.17) is 10.5 Å². The van der Waals surface area contributed by atoms with Crippen molar-refractivity contribution in [1.29, 1.82) is 0 Å². The second kappa shape index (κ2) is 5.37. The molecule has 2 aromatic carbocycles. The number of fused-ring (bicyclic) bond motifs is 1. The van der Waals surface area contributed by atoms with Crippen molar-refractivity contribution < 1.29 is 9.13 Å². The Labute approximate surface area is 122 Å². The lowest BCUT2D eigenvalue weighted by atomic mass is 10.1. The predicted octanol–water partition coefficient (Wildman–Crippen LogP) is 3.81. The summed E-state index contributed by atoms with van der Waals surface area (Å²) in [5.41, 5.74) is 8.96. The number of thioether (sulfide) groups is 1. The van der Waals surface area contributed by atoms with Crippen LogP contribution in [0.4, 0.5) is 10.1 Å². The topological polar surface area (TPSA) is 35.2 Å². The molecule has 2 nitrogen and oxygen atoms in total. The fraction of sp³-hybridized carbons (Fsp3) is 0.250. The van der Waals surface area contributed by atoms with Crippen LogP contribution >= 0.6 is 11.8 Å². The largest absolute Gasteiger partial charge is 0.489 e. The molecule has 0 aromatic heterocycles. The van der Waals surface area contributed by atoms with Crippen LogP contribution in [0, 0.1) is 12.7 Å². The standard InChI is InChI=1S/C16H16FNOS/c1-10-2-5-15-11(6-10)7-13(19-15)9-20-16-8-12(17)3-4-14(16)18/h2-6,8,13H,7,9,18H2,1H3. The van der Waals surface area contributed by atoms with Crippen LogP contribution in [0.1, 0.15) is 11.1 Å². The maximum atomic E-state index is 13.2. The summed E-state index contributed by atoms with van der Waals surface area (Å²) in [5, 5.41) is 0. The summed E-state index contributed by atoms with van der Waals surface area (Å²) in [6.45, 7) is 2.08. The minimum absolute atomic E-state index is 0.125. The van der Waals surface area contributed by atoms with Gasteiger partial charge in [-0.2, -0.15) is 0 Å². The highest BCUT2D eigenvalue weighted by atomic mass is 32.2. The molecule has 0 saturated heterocycles. The van der Waals surface area contributed by atoms with Crippen LogP contribution in [0.25, 0.3) is 0 Å². The molecule has 1 atom stereocenters. The average molecular weight is 289 g/mol. The summed E-state index contributed by atoms with van der Waals surface area (Å²) in [6, 6.07) is 10.7. The third-order valence-electron chi connectivity index (χ3n) is 3.36. The van der Waals surface area contributed by atoms with E-state index in [1.165, 1.54) is 23.3 Å². The molecule has 104 valence electrons. The smallest absolute Gasteiger partial charge is 0.124 e. The van der Waals surface area contributed by atoms with Gasteiger partial charge in [0.2, 0.25) is 0 Å². The Hall–Kier alpha value is -1.68. The molecule has 0 aliphatic carbocycles. The van der Waals surface area contributed by atoms with Gasteiger partial charge in [0.05, 0.1) is 0 Å². The first-order chi connectivity index (χ1) is 9.61. The lowest BCUT2D eigenvalue weighted by Gasteiger charge is -2.11. The van der Waals surface area contributed by atoms with Crippen molar-refractivity contribution in [3.63, 3.8) is 0 Å². The Morgan fingerprint density at radius 3 is 3.00 bits per heavy atom. The van der Waals surface area contributed by atoms with E-state index in [1.54, 1.807) is 17.8 Å². The van der Waals surface area contributed by atoms with E-state index in [2.05, 4.69) is 19.1 Å². The first kappa shape index (κ1) is 13.3. The predicted molar refractivity (Wildman–Crippen MR) is 80.8 cm³/mol. The van der Waals surface area contributed by atoms with Crippen molar-refractivity contribution in [2.75, 3.05) is 11.5 Å². The number of ether oxygens (including phenoxy) is 1. The van der Waals surface area contributed by atoms with Crippen LogP contribution in [-0.4, -0.2) is 11.9 Å². The number of nitrogen functional groups attached to an aromatic ring is 1. The van der Waals surface area contributed by atoms with Crippen LogP contribution in [-0.2, 0) is 6.42 Å². The zero-order valence-corrected chi connectivity index (χ0v) is 12.0. The van der Waals surface area contributed by atoms with Crippen molar-refractivity contribution >= 4 is 17.4 Å². The quantitative estimate of drug-likeness (QED) is 0.689. The first-order valence-corrected chi connectivity index (χ1v) is 7.54. The highest BCUT2D eigenvalue weighted by Crippen LogP contribution is 2.33. The molecule has 1 aliphatic heterocycles. The van der Waals surface area contributed by atoms with E-state index >= 15 is 0 Å². The number of rotatable bonds is 3. The SMILES string of the molecule is Cc1ccc2c(c1)CC(CSc1cc(F)ccc1N)O2. The monoisotopic (exact) mass is 289 g/mol. The fourth-order valence-electron chi connectivity index (χ4n) is 2.36.